The van der Waals surface area contributed by atoms with Crippen molar-refractivity contribution in [2.24, 2.45) is 5.14 Å². The number of nitrogens with two attached hydrogens (primary N) is 2. The van der Waals surface area contributed by atoms with Crippen LogP contribution in [0, 0.1) is 0 Å². The van der Waals surface area contributed by atoms with E-state index in [0.717, 1.165) is 31.5 Å². The highest BCUT2D eigenvalue weighted by Gasteiger charge is 2.24. The number of quaternary nitrogens is 1. The average Bonchev–Trinajstić information content (AvgIpc) is 3.01. The summed E-state index contributed by atoms with van der Waals surface area (Å²) in [4.78, 5) is 11.6. The maximum absolute atomic E-state index is 11.6. The Labute approximate surface area is 152 Å². The summed E-state index contributed by atoms with van der Waals surface area (Å²) in [6.07, 6.45) is 3.33. The molecule has 1 aromatic heterocycles. The number of benzene rings is 1. The fourth-order valence-electron chi connectivity index (χ4n) is 3.29. The van der Waals surface area contributed by atoms with Gasteiger partial charge in [0.15, 0.2) is 5.69 Å². The summed E-state index contributed by atoms with van der Waals surface area (Å²) in [6, 6.07) is 9.13. The van der Waals surface area contributed by atoms with Gasteiger partial charge in [-0.25, -0.2) is 13.9 Å². The zero-order valence-electron chi connectivity index (χ0n) is 13.4. The minimum Gasteiger partial charge on any atom is -1.00 e. The lowest BCUT2D eigenvalue weighted by molar-refractivity contribution is -0.663. The van der Waals surface area contributed by atoms with E-state index in [4.69, 9.17) is 5.14 Å². The third kappa shape index (κ3) is 4.04. The second-order valence-electron chi connectivity index (χ2n) is 5.99. The molecule has 25 heavy (non-hydrogen) atoms. The van der Waals surface area contributed by atoms with Crippen molar-refractivity contribution in [3.05, 3.63) is 47.8 Å². The predicted molar refractivity (Wildman–Crippen MR) is 89.0 cm³/mol. The number of halogens is 1. The summed E-state index contributed by atoms with van der Waals surface area (Å²) in [5.74, 6) is -0.884. The highest BCUT2D eigenvalue weighted by Crippen LogP contribution is 2.31. The number of piperidine rings is 1. The molecule has 3 rings (SSSR count). The topological polar surface area (TPSA) is 119 Å². The highest BCUT2D eigenvalue weighted by atomic mass is 35.5. The third-order valence-electron chi connectivity index (χ3n) is 4.44. The van der Waals surface area contributed by atoms with Gasteiger partial charge < -0.3 is 22.8 Å². The van der Waals surface area contributed by atoms with Crippen molar-refractivity contribution in [2.45, 2.75) is 18.8 Å². The van der Waals surface area contributed by atoms with E-state index >= 15 is 0 Å². The maximum Gasteiger partial charge on any atom is 0.354 e. The Morgan fingerprint density at radius 2 is 1.92 bits per heavy atom. The Balaban J connectivity index is 0.00000225. The summed E-state index contributed by atoms with van der Waals surface area (Å²) in [6.45, 7) is 2.16. The monoisotopic (exact) mass is 385 g/mol. The van der Waals surface area contributed by atoms with Crippen LogP contribution in [0.2, 0.25) is 0 Å². The molecule has 0 saturated carbocycles. The van der Waals surface area contributed by atoms with Crippen molar-refractivity contribution in [2.75, 3.05) is 13.1 Å². The Kier molecular flexibility index (Phi) is 5.89. The second-order valence-corrected chi connectivity index (χ2v) is 7.41. The lowest BCUT2D eigenvalue weighted by Crippen LogP contribution is -3.00. The van der Waals surface area contributed by atoms with Gasteiger partial charge in [-0.1, -0.05) is 24.3 Å². The molecule has 7 nitrogen and oxygen atoms in total. The molecule has 1 aliphatic rings. The normalized spacial score (nSPS) is 15.6. The molecule has 1 aliphatic heterocycles. The second kappa shape index (κ2) is 7.57. The van der Waals surface area contributed by atoms with Crippen molar-refractivity contribution in [1.82, 2.24) is 3.97 Å². The van der Waals surface area contributed by atoms with Crippen molar-refractivity contribution in [3.8, 4) is 11.1 Å². The van der Waals surface area contributed by atoms with Crippen LogP contribution in [0.4, 0.5) is 0 Å². The zero-order valence-corrected chi connectivity index (χ0v) is 15.0. The summed E-state index contributed by atoms with van der Waals surface area (Å²) < 4.78 is 23.8. The molecule has 0 atom stereocenters. The zero-order chi connectivity index (χ0) is 17.3. The van der Waals surface area contributed by atoms with Gasteiger partial charge in [-0.15, -0.1) is 0 Å². The molecule has 0 unspecified atom stereocenters. The van der Waals surface area contributed by atoms with Crippen LogP contribution in [0.5, 0.6) is 0 Å². The van der Waals surface area contributed by atoms with Crippen LogP contribution >= 0.6 is 0 Å². The Bertz CT molecular complexity index is 873. The van der Waals surface area contributed by atoms with Gasteiger partial charge in [0.05, 0.1) is 13.1 Å². The summed E-state index contributed by atoms with van der Waals surface area (Å²) in [5.41, 5.74) is 1.84. The number of rotatable bonds is 4. The van der Waals surface area contributed by atoms with Crippen LogP contribution in [0.1, 0.15) is 34.8 Å². The Hall–Kier alpha value is -1.87. The quantitative estimate of drug-likeness (QED) is 0.532. The largest absolute Gasteiger partial charge is 1.00 e. The fourth-order valence-corrected chi connectivity index (χ4v) is 3.95. The molecule has 1 saturated heterocycles. The molecule has 2 aromatic rings. The summed E-state index contributed by atoms with van der Waals surface area (Å²) in [5, 5.41) is 16.8. The van der Waals surface area contributed by atoms with Gasteiger partial charge in [0.1, 0.15) is 0 Å². The number of carbonyl (C=O) groups is 1. The van der Waals surface area contributed by atoms with Crippen molar-refractivity contribution in [3.63, 3.8) is 0 Å². The van der Waals surface area contributed by atoms with Crippen molar-refractivity contribution < 1.29 is 36.0 Å². The number of hydrogen-bond acceptors (Lipinski definition) is 3. The molecule has 1 aromatic carbocycles. The van der Waals surface area contributed by atoms with E-state index < -0.39 is 16.2 Å². The van der Waals surface area contributed by atoms with Gasteiger partial charge in [-0.3, -0.25) is 0 Å². The van der Waals surface area contributed by atoms with Crippen LogP contribution in [0.3, 0.4) is 0 Å². The van der Waals surface area contributed by atoms with Gasteiger partial charge >= 0.3 is 16.2 Å². The highest BCUT2D eigenvalue weighted by molar-refractivity contribution is 7.87. The van der Waals surface area contributed by atoms with Crippen molar-refractivity contribution >= 4 is 16.2 Å². The first-order chi connectivity index (χ1) is 11.4. The molecule has 9 heteroatoms. The molecule has 0 aliphatic carbocycles. The molecule has 0 bridgehead atoms. The number of nitrogens with zero attached hydrogens (tertiary/aromatic N) is 1. The number of carboxylic acid groups (broad SMARTS) is 1. The third-order valence-corrected chi connectivity index (χ3v) is 5.29. The van der Waals surface area contributed by atoms with E-state index in [2.05, 4.69) is 5.32 Å². The van der Waals surface area contributed by atoms with Crippen LogP contribution in [0.25, 0.3) is 11.1 Å². The predicted octanol–water partition coefficient (Wildman–Crippen LogP) is -2.65. The van der Waals surface area contributed by atoms with E-state index in [-0.39, 0.29) is 18.1 Å². The van der Waals surface area contributed by atoms with Crippen LogP contribution in [-0.4, -0.2) is 36.6 Å². The average molecular weight is 386 g/mol. The smallest absolute Gasteiger partial charge is 0.354 e. The van der Waals surface area contributed by atoms with Crippen LogP contribution in [-0.2, 0) is 10.2 Å². The SMILES string of the molecule is NS(=O)(=O)n1ccc(-c2cccc(C3CC[NH2+]CC3)c2)c1C(=O)O.[Cl-]. The van der Waals surface area contributed by atoms with E-state index in [1.165, 1.54) is 12.3 Å². The summed E-state index contributed by atoms with van der Waals surface area (Å²) in [7, 11) is -4.16. The number of hydrogen-bond donors (Lipinski definition) is 3. The van der Waals surface area contributed by atoms with E-state index in [1.54, 1.807) is 6.07 Å². The summed E-state index contributed by atoms with van der Waals surface area (Å²) >= 11 is 0. The molecule has 0 spiro atoms. The van der Waals surface area contributed by atoms with Gasteiger partial charge in [-0.2, -0.15) is 8.42 Å². The minimum absolute atomic E-state index is 0. The molecule has 5 N–H and O–H groups in total. The van der Waals surface area contributed by atoms with Crippen molar-refractivity contribution in [1.29, 1.82) is 0 Å². The van der Waals surface area contributed by atoms with Gasteiger partial charge in [-0.05, 0) is 23.1 Å². The van der Waals surface area contributed by atoms with E-state index in [0.29, 0.717) is 21.0 Å². The standard InChI is InChI=1S/C16H19N3O4S.ClH/c17-24(22,23)19-9-6-14(15(19)16(20)21)13-3-1-2-12(10-13)11-4-7-18-8-5-11;/h1-3,6,9-11,18H,4-5,7-8H2,(H,20,21)(H2,17,22,23);1H. The van der Waals surface area contributed by atoms with E-state index in [1.807, 2.05) is 18.2 Å². The van der Waals surface area contributed by atoms with Gasteiger partial charge in [0, 0.05) is 24.6 Å². The lowest BCUT2D eigenvalue weighted by atomic mass is 9.88. The molecule has 2 heterocycles. The first-order valence-electron chi connectivity index (χ1n) is 7.78. The fraction of sp³-hybridized carbons (Fsp3) is 0.312. The van der Waals surface area contributed by atoms with Crippen LogP contribution < -0.4 is 22.9 Å². The minimum atomic E-state index is -4.16. The molecular weight excluding hydrogens is 366 g/mol. The van der Waals surface area contributed by atoms with E-state index in [9.17, 15) is 18.3 Å². The Morgan fingerprint density at radius 3 is 2.52 bits per heavy atom. The molecule has 0 radical (unpaired) electrons. The first kappa shape index (κ1) is 19.5. The van der Waals surface area contributed by atoms with Crippen LogP contribution in [0.15, 0.2) is 36.5 Å². The lowest BCUT2D eigenvalue weighted by Gasteiger charge is -2.21. The Morgan fingerprint density at radius 1 is 1.24 bits per heavy atom. The number of aromatic carboxylic acids is 1. The molecule has 0 amide bonds. The van der Waals surface area contributed by atoms with Gasteiger partial charge in [0.2, 0.25) is 0 Å². The number of carboxylic acids is 1. The molecular formula is C16H20ClN3O4S. The maximum atomic E-state index is 11.6. The molecule has 1 fully saturated rings. The first-order valence-corrected chi connectivity index (χ1v) is 9.28. The van der Waals surface area contributed by atoms with Gasteiger partial charge in [0.25, 0.3) is 0 Å². The molecule has 136 valence electrons. The number of aromatic nitrogens is 1.